The van der Waals surface area contributed by atoms with Crippen molar-refractivity contribution >= 4 is 5.96 Å². The number of nitrogens with zero attached hydrogens (tertiary/aromatic N) is 4. The summed E-state index contributed by atoms with van der Waals surface area (Å²) >= 11 is 0. The molecule has 1 aliphatic heterocycles. The molecule has 0 bridgehead atoms. The monoisotopic (exact) mass is 353 g/mol. The number of nitrogens with one attached hydrogen (secondary N) is 1. The molecule has 0 unspecified atom stereocenters. The normalized spacial score (nSPS) is 16.4. The standard InChI is InChI=1S/C17H31N5O3/c1-14-20-16(25-21-14)6-4-9-19-17(18-2)22-10-7-15(8-11-22)24-13-5-12-23-3/h15H,4-13H2,1-3H3,(H,18,19). The van der Waals surface area contributed by atoms with Crippen molar-refractivity contribution in [2.45, 2.75) is 45.1 Å². The largest absolute Gasteiger partial charge is 0.385 e. The number of aliphatic imine (C=N–C) groups is 1. The molecule has 1 fully saturated rings. The van der Waals surface area contributed by atoms with E-state index in [1.54, 1.807) is 7.11 Å². The van der Waals surface area contributed by atoms with Gasteiger partial charge in [-0.05, 0) is 32.6 Å². The van der Waals surface area contributed by atoms with Crippen molar-refractivity contribution in [1.29, 1.82) is 0 Å². The molecule has 0 aliphatic carbocycles. The molecule has 1 aromatic rings. The average molecular weight is 353 g/mol. The lowest BCUT2D eigenvalue weighted by atomic mass is 10.1. The molecule has 0 aromatic carbocycles. The summed E-state index contributed by atoms with van der Waals surface area (Å²) in [5, 5.41) is 7.22. The van der Waals surface area contributed by atoms with Gasteiger partial charge in [0.15, 0.2) is 11.8 Å². The van der Waals surface area contributed by atoms with Crippen molar-refractivity contribution in [2.24, 2.45) is 4.99 Å². The Hall–Kier alpha value is -1.67. The molecule has 1 aromatic heterocycles. The van der Waals surface area contributed by atoms with Crippen LogP contribution >= 0.6 is 0 Å². The third kappa shape index (κ3) is 6.99. The molecule has 0 atom stereocenters. The Morgan fingerprint density at radius 2 is 2.12 bits per heavy atom. The van der Waals surface area contributed by atoms with Crippen molar-refractivity contribution in [2.75, 3.05) is 47.0 Å². The van der Waals surface area contributed by atoms with Gasteiger partial charge in [0.25, 0.3) is 0 Å². The maximum absolute atomic E-state index is 5.91. The highest BCUT2D eigenvalue weighted by molar-refractivity contribution is 5.79. The molecular weight excluding hydrogens is 322 g/mol. The van der Waals surface area contributed by atoms with Crippen LogP contribution in [0.3, 0.4) is 0 Å². The fourth-order valence-corrected chi connectivity index (χ4v) is 2.90. The molecule has 2 heterocycles. The Morgan fingerprint density at radius 1 is 1.32 bits per heavy atom. The third-order valence-corrected chi connectivity index (χ3v) is 4.22. The summed E-state index contributed by atoms with van der Waals surface area (Å²) in [5.74, 6) is 2.34. The lowest BCUT2D eigenvalue weighted by Gasteiger charge is -2.34. The van der Waals surface area contributed by atoms with Crippen LogP contribution in [0.1, 0.15) is 37.4 Å². The van der Waals surface area contributed by atoms with Gasteiger partial charge in [-0.25, -0.2) is 0 Å². The van der Waals surface area contributed by atoms with Crippen molar-refractivity contribution in [3.05, 3.63) is 11.7 Å². The van der Waals surface area contributed by atoms with Gasteiger partial charge in [-0.1, -0.05) is 5.16 Å². The molecule has 1 saturated heterocycles. The van der Waals surface area contributed by atoms with Gasteiger partial charge in [-0.15, -0.1) is 0 Å². The van der Waals surface area contributed by atoms with Crippen LogP contribution in [0.25, 0.3) is 0 Å². The maximum Gasteiger partial charge on any atom is 0.226 e. The number of likely N-dealkylation sites (tertiary alicyclic amines) is 1. The van der Waals surface area contributed by atoms with Gasteiger partial charge in [-0.3, -0.25) is 4.99 Å². The summed E-state index contributed by atoms with van der Waals surface area (Å²) in [6.07, 6.45) is 5.10. The summed E-state index contributed by atoms with van der Waals surface area (Å²) in [6.45, 7) is 6.15. The van der Waals surface area contributed by atoms with Crippen LogP contribution in [0.2, 0.25) is 0 Å². The van der Waals surface area contributed by atoms with Gasteiger partial charge in [0.2, 0.25) is 5.89 Å². The molecule has 1 N–H and O–H groups in total. The van der Waals surface area contributed by atoms with Crippen molar-refractivity contribution in [3.63, 3.8) is 0 Å². The molecule has 25 heavy (non-hydrogen) atoms. The molecule has 0 saturated carbocycles. The number of guanidine groups is 1. The number of hydrogen-bond donors (Lipinski definition) is 1. The molecule has 2 rings (SSSR count). The Kier molecular flexibility index (Phi) is 8.68. The summed E-state index contributed by atoms with van der Waals surface area (Å²) in [5.41, 5.74) is 0. The molecule has 0 spiro atoms. The zero-order valence-corrected chi connectivity index (χ0v) is 15.7. The first-order chi connectivity index (χ1) is 12.2. The van der Waals surface area contributed by atoms with E-state index in [0.717, 1.165) is 70.9 Å². The van der Waals surface area contributed by atoms with Gasteiger partial charge in [0, 0.05) is 53.4 Å². The van der Waals surface area contributed by atoms with Crippen molar-refractivity contribution in [3.8, 4) is 0 Å². The average Bonchev–Trinajstić information content (AvgIpc) is 3.05. The second-order valence-electron chi connectivity index (χ2n) is 6.22. The van der Waals surface area contributed by atoms with Crippen LogP contribution in [0, 0.1) is 6.92 Å². The van der Waals surface area contributed by atoms with Crippen LogP contribution in [-0.4, -0.2) is 74.1 Å². The first-order valence-electron chi connectivity index (χ1n) is 9.08. The van der Waals surface area contributed by atoms with Crippen LogP contribution in [0.4, 0.5) is 0 Å². The molecule has 8 nitrogen and oxygen atoms in total. The maximum atomic E-state index is 5.91. The Labute approximate surface area is 150 Å². The first-order valence-corrected chi connectivity index (χ1v) is 9.08. The number of piperidine rings is 1. The van der Waals surface area contributed by atoms with Crippen LogP contribution in [0.15, 0.2) is 9.52 Å². The predicted molar refractivity (Wildman–Crippen MR) is 95.8 cm³/mol. The van der Waals surface area contributed by atoms with E-state index in [9.17, 15) is 0 Å². The van der Waals surface area contributed by atoms with Crippen LogP contribution in [-0.2, 0) is 15.9 Å². The fourth-order valence-electron chi connectivity index (χ4n) is 2.90. The molecular formula is C17H31N5O3. The van der Waals surface area contributed by atoms with E-state index in [1.165, 1.54) is 0 Å². The molecule has 0 amide bonds. The fraction of sp³-hybridized carbons (Fsp3) is 0.824. The molecule has 0 radical (unpaired) electrons. The minimum Gasteiger partial charge on any atom is -0.385 e. The summed E-state index contributed by atoms with van der Waals surface area (Å²) in [6, 6.07) is 0. The highest BCUT2D eigenvalue weighted by Gasteiger charge is 2.21. The van der Waals surface area contributed by atoms with E-state index in [0.29, 0.717) is 17.8 Å². The van der Waals surface area contributed by atoms with Gasteiger partial charge in [0.05, 0.1) is 6.10 Å². The topological polar surface area (TPSA) is 85.0 Å². The third-order valence-electron chi connectivity index (χ3n) is 4.22. The zero-order valence-electron chi connectivity index (χ0n) is 15.7. The van der Waals surface area contributed by atoms with Crippen LogP contribution < -0.4 is 5.32 Å². The predicted octanol–water partition coefficient (Wildman–Crippen LogP) is 1.40. The number of methoxy groups -OCH3 is 1. The first kappa shape index (κ1) is 19.7. The van der Waals surface area contributed by atoms with Gasteiger partial charge >= 0.3 is 0 Å². The Balaban J connectivity index is 1.61. The number of hydrogen-bond acceptors (Lipinski definition) is 6. The van der Waals surface area contributed by atoms with E-state index in [1.807, 2.05) is 14.0 Å². The SMILES string of the molecule is CN=C(NCCCc1nc(C)no1)N1CCC(OCCCOC)CC1. The van der Waals surface area contributed by atoms with Gasteiger partial charge < -0.3 is 24.2 Å². The second kappa shape index (κ2) is 11.0. The number of aryl methyl sites for hydroxylation is 2. The lowest BCUT2D eigenvalue weighted by molar-refractivity contribution is 0.00991. The highest BCUT2D eigenvalue weighted by atomic mass is 16.5. The molecule has 8 heteroatoms. The van der Waals surface area contributed by atoms with Gasteiger partial charge in [-0.2, -0.15) is 4.98 Å². The lowest BCUT2D eigenvalue weighted by Crippen LogP contribution is -2.47. The van der Waals surface area contributed by atoms with E-state index in [-0.39, 0.29) is 0 Å². The van der Waals surface area contributed by atoms with E-state index < -0.39 is 0 Å². The zero-order chi connectivity index (χ0) is 17.9. The number of rotatable bonds is 9. The quantitative estimate of drug-likeness (QED) is 0.408. The van der Waals surface area contributed by atoms with E-state index in [2.05, 4.69) is 25.3 Å². The molecule has 1 aliphatic rings. The number of ether oxygens (including phenoxy) is 2. The summed E-state index contributed by atoms with van der Waals surface area (Å²) in [7, 11) is 3.55. The molecule has 142 valence electrons. The number of aromatic nitrogens is 2. The second-order valence-corrected chi connectivity index (χ2v) is 6.22. The highest BCUT2D eigenvalue weighted by Crippen LogP contribution is 2.14. The van der Waals surface area contributed by atoms with Crippen LogP contribution in [0.5, 0.6) is 0 Å². The minimum absolute atomic E-state index is 0.354. The minimum atomic E-state index is 0.354. The van der Waals surface area contributed by atoms with E-state index >= 15 is 0 Å². The Bertz CT molecular complexity index is 512. The summed E-state index contributed by atoms with van der Waals surface area (Å²) < 4.78 is 16.1. The van der Waals surface area contributed by atoms with Gasteiger partial charge in [0.1, 0.15) is 0 Å². The van der Waals surface area contributed by atoms with Crippen molar-refractivity contribution < 1.29 is 14.0 Å². The smallest absolute Gasteiger partial charge is 0.226 e. The Morgan fingerprint density at radius 3 is 2.76 bits per heavy atom. The van der Waals surface area contributed by atoms with Crippen molar-refractivity contribution in [1.82, 2.24) is 20.4 Å². The van der Waals surface area contributed by atoms with E-state index in [4.69, 9.17) is 14.0 Å². The summed E-state index contributed by atoms with van der Waals surface area (Å²) in [4.78, 5) is 10.9.